The Kier molecular flexibility index (Phi) is 4.25. The van der Waals surface area contributed by atoms with Crippen LogP contribution in [0.5, 0.6) is 5.75 Å². The second kappa shape index (κ2) is 6.84. The first-order valence-corrected chi connectivity index (χ1v) is 8.13. The number of ether oxygens (including phenoxy) is 1. The minimum absolute atomic E-state index is 0.480. The standard InChI is InChI=1S/C19H19N3O2/c1-2-4-14(5-3-1)12-23-16-8-6-15(7-9-16)17-10-18(17)20-11-19-22-21-13-24-19/h1-9,13,17-18,20H,10-12H2/t17-,18+/m0/s1. The van der Waals surface area contributed by atoms with E-state index in [0.29, 0.717) is 31.0 Å². The molecule has 1 aliphatic carbocycles. The van der Waals surface area contributed by atoms with E-state index in [-0.39, 0.29) is 0 Å². The molecule has 0 bridgehead atoms. The third-order valence-electron chi connectivity index (χ3n) is 4.27. The van der Waals surface area contributed by atoms with Gasteiger partial charge in [0.1, 0.15) is 12.4 Å². The molecule has 0 amide bonds. The van der Waals surface area contributed by atoms with Gasteiger partial charge in [0.25, 0.3) is 0 Å². The molecule has 5 nitrogen and oxygen atoms in total. The van der Waals surface area contributed by atoms with Crippen LogP contribution in [-0.2, 0) is 13.2 Å². The predicted octanol–water partition coefficient (Wildman–Crippen LogP) is 3.29. The van der Waals surface area contributed by atoms with Crippen LogP contribution in [0.2, 0.25) is 0 Å². The molecule has 0 unspecified atom stereocenters. The van der Waals surface area contributed by atoms with Crippen LogP contribution in [0.25, 0.3) is 0 Å². The lowest BCUT2D eigenvalue weighted by Gasteiger charge is -2.07. The minimum atomic E-state index is 0.480. The molecule has 3 aromatic rings. The van der Waals surface area contributed by atoms with E-state index in [9.17, 15) is 0 Å². The first-order chi connectivity index (χ1) is 11.9. The maximum Gasteiger partial charge on any atom is 0.229 e. The van der Waals surface area contributed by atoms with Crippen molar-refractivity contribution in [3.63, 3.8) is 0 Å². The molecule has 1 N–H and O–H groups in total. The predicted molar refractivity (Wildman–Crippen MR) is 89.5 cm³/mol. The lowest BCUT2D eigenvalue weighted by molar-refractivity contribution is 0.306. The summed E-state index contributed by atoms with van der Waals surface area (Å²) in [5.74, 6) is 2.08. The van der Waals surface area contributed by atoms with Gasteiger partial charge in [0.05, 0.1) is 6.54 Å². The molecular formula is C19H19N3O2. The zero-order chi connectivity index (χ0) is 16.2. The Bertz CT molecular complexity index is 757. The molecule has 2 atom stereocenters. The molecule has 1 fully saturated rings. The van der Waals surface area contributed by atoms with Crippen LogP contribution >= 0.6 is 0 Å². The molecule has 0 radical (unpaired) electrons. The lowest BCUT2D eigenvalue weighted by Crippen LogP contribution is -2.17. The lowest BCUT2D eigenvalue weighted by atomic mass is 10.1. The normalized spacial score (nSPS) is 19.2. The molecule has 1 aromatic heterocycles. The van der Waals surface area contributed by atoms with E-state index in [1.165, 1.54) is 17.5 Å². The fourth-order valence-corrected chi connectivity index (χ4v) is 2.83. The molecule has 5 heteroatoms. The fraction of sp³-hybridized carbons (Fsp3) is 0.263. The highest BCUT2D eigenvalue weighted by molar-refractivity contribution is 5.34. The van der Waals surface area contributed by atoms with Crippen molar-refractivity contribution in [1.82, 2.24) is 15.5 Å². The van der Waals surface area contributed by atoms with Gasteiger partial charge in [-0.05, 0) is 29.7 Å². The zero-order valence-corrected chi connectivity index (χ0v) is 13.3. The SMILES string of the molecule is c1ccc(COc2ccc([C@@H]3C[C@H]3NCc3nnco3)cc2)cc1. The van der Waals surface area contributed by atoms with Crippen molar-refractivity contribution >= 4 is 0 Å². The molecule has 24 heavy (non-hydrogen) atoms. The first kappa shape index (κ1) is 14.9. The van der Waals surface area contributed by atoms with Gasteiger partial charge in [-0.3, -0.25) is 0 Å². The van der Waals surface area contributed by atoms with E-state index in [2.05, 4.69) is 39.8 Å². The van der Waals surface area contributed by atoms with Gasteiger partial charge < -0.3 is 14.5 Å². The van der Waals surface area contributed by atoms with Crippen LogP contribution in [0.15, 0.2) is 65.4 Å². The third kappa shape index (κ3) is 3.63. The van der Waals surface area contributed by atoms with Crippen LogP contribution in [0.4, 0.5) is 0 Å². The summed E-state index contributed by atoms with van der Waals surface area (Å²) < 4.78 is 11.0. The first-order valence-electron chi connectivity index (χ1n) is 8.13. The van der Waals surface area contributed by atoms with Gasteiger partial charge in [-0.15, -0.1) is 10.2 Å². The molecule has 1 heterocycles. The largest absolute Gasteiger partial charge is 0.489 e. The van der Waals surface area contributed by atoms with Crippen molar-refractivity contribution in [2.45, 2.75) is 31.5 Å². The van der Waals surface area contributed by atoms with Gasteiger partial charge >= 0.3 is 0 Å². The second-order valence-corrected chi connectivity index (χ2v) is 6.01. The Morgan fingerprint density at radius 3 is 2.67 bits per heavy atom. The van der Waals surface area contributed by atoms with Crippen LogP contribution in [0, 0.1) is 0 Å². The van der Waals surface area contributed by atoms with Crippen LogP contribution in [0.1, 0.15) is 29.4 Å². The van der Waals surface area contributed by atoms with Gasteiger partial charge in [-0.2, -0.15) is 0 Å². The third-order valence-corrected chi connectivity index (χ3v) is 4.27. The average Bonchev–Trinajstić information content (AvgIpc) is 3.23. The maximum atomic E-state index is 5.83. The quantitative estimate of drug-likeness (QED) is 0.723. The topological polar surface area (TPSA) is 60.2 Å². The van der Waals surface area contributed by atoms with Crippen molar-refractivity contribution in [3.05, 3.63) is 78.0 Å². The summed E-state index contributed by atoms with van der Waals surface area (Å²) in [6.45, 7) is 1.22. The van der Waals surface area contributed by atoms with Crippen molar-refractivity contribution in [2.24, 2.45) is 0 Å². The highest BCUT2D eigenvalue weighted by Crippen LogP contribution is 2.41. The van der Waals surface area contributed by atoms with E-state index in [4.69, 9.17) is 9.15 Å². The summed E-state index contributed by atoms with van der Waals surface area (Å²) in [5, 5.41) is 11.0. The van der Waals surface area contributed by atoms with E-state index < -0.39 is 0 Å². The summed E-state index contributed by atoms with van der Waals surface area (Å²) in [4.78, 5) is 0. The Morgan fingerprint density at radius 2 is 1.92 bits per heavy atom. The Balaban J connectivity index is 1.27. The Labute approximate surface area is 140 Å². The molecule has 1 saturated carbocycles. The monoisotopic (exact) mass is 321 g/mol. The zero-order valence-electron chi connectivity index (χ0n) is 13.3. The van der Waals surface area contributed by atoms with Gasteiger partial charge in [-0.25, -0.2) is 0 Å². The van der Waals surface area contributed by atoms with E-state index in [1.807, 2.05) is 30.3 Å². The molecular weight excluding hydrogens is 302 g/mol. The highest BCUT2D eigenvalue weighted by atomic mass is 16.5. The van der Waals surface area contributed by atoms with Crippen LogP contribution in [-0.4, -0.2) is 16.2 Å². The number of aromatic nitrogens is 2. The molecule has 0 aliphatic heterocycles. The Morgan fingerprint density at radius 1 is 1.08 bits per heavy atom. The number of nitrogens with one attached hydrogen (secondary N) is 1. The maximum absolute atomic E-state index is 5.83. The summed E-state index contributed by atoms with van der Waals surface area (Å²) in [7, 11) is 0. The number of nitrogens with zero attached hydrogens (tertiary/aromatic N) is 2. The number of rotatable bonds is 7. The summed E-state index contributed by atoms with van der Waals surface area (Å²) in [6, 6.07) is 19.1. The smallest absolute Gasteiger partial charge is 0.229 e. The van der Waals surface area contributed by atoms with Gasteiger partial charge in [0, 0.05) is 12.0 Å². The molecule has 2 aromatic carbocycles. The van der Waals surface area contributed by atoms with Gasteiger partial charge in [-0.1, -0.05) is 42.5 Å². The van der Waals surface area contributed by atoms with Crippen molar-refractivity contribution in [1.29, 1.82) is 0 Å². The van der Waals surface area contributed by atoms with Crippen LogP contribution in [0.3, 0.4) is 0 Å². The minimum Gasteiger partial charge on any atom is -0.489 e. The van der Waals surface area contributed by atoms with E-state index in [0.717, 1.165) is 12.2 Å². The second-order valence-electron chi connectivity index (χ2n) is 6.01. The fourth-order valence-electron chi connectivity index (χ4n) is 2.83. The molecule has 4 rings (SSSR count). The highest BCUT2D eigenvalue weighted by Gasteiger charge is 2.37. The van der Waals surface area contributed by atoms with Gasteiger partial charge in [0.2, 0.25) is 12.3 Å². The number of benzene rings is 2. The van der Waals surface area contributed by atoms with E-state index >= 15 is 0 Å². The van der Waals surface area contributed by atoms with Crippen LogP contribution < -0.4 is 10.1 Å². The molecule has 122 valence electrons. The van der Waals surface area contributed by atoms with Gasteiger partial charge in [0.15, 0.2) is 0 Å². The average molecular weight is 321 g/mol. The van der Waals surface area contributed by atoms with Crippen molar-refractivity contribution < 1.29 is 9.15 Å². The summed E-state index contributed by atoms with van der Waals surface area (Å²) in [5.41, 5.74) is 2.51. The summed E-state index contributed by atoms with van der Waals surface area (Å²) >= 11 is 0. The number of hydrogen-bond acceptors (Lipinski definition) is 5. The van der Waals surface area contributed by atoms with E-state index in [1.54, 1.807) is 0 Å². The number of hydrogen-bond donors (Lipinski definition) is 1. The molecule has 1 aliphatic rings. The van der Waals surface area contributed by atoms with Crippen molar-refractivity contribution in [3.8, 4) is 5.75 Å². The molecule has 0 spiro atoms. The molecule has 0 saturated heterocycles. The Hall–Kier alpha value is -2.66. The van der Waals surface area contributed by atoms with Crippen molar-refractivity contribution in [2.75, 3.05) is 0 Å². The summed E-state index contributed by atoms with van der Waals surface area (Å²) in [6.07, 6.45) is 2.49.